The minimum absolute atomic E-state index is 0.0762. The highest BCUT2D eigenvalue weighted by atomic mass is 16.3. The summed E-state index contributed by atoms with van der Waals surface area (Å²) in [5, 5.41) is 13.9. The Hall–Kier alpha value is -2.01. The van der Waals surface area contributed by atoms with Crippen LogP contribution in [0.4, 0.5) is 10.5 Å². The number of anilines is 1. The van der Waals surface area contributed by atoms with E-state index in [0.717, 1.165) is 43.4 Å². The second-order valence-electron chi connectivity index (χ2n) is 6.80. The van der Waals surface area contributed by atoms with Crippen molar-refractivity contribution in [2.45, 2.75) is 45.8 Å². The van der Waals surface area contributed by atoms with Crippen molar-refractivity contribution in [1.29, 1.82) is 0 Å². The van der Waals surface area contributed by atoms with Gasteiger partial charge in [-0.15, -0.1) is 0 Å². The van der Waals surface area contributed by atoms with Crippen LogP contribution in [0.1, 0.15) is 33.1 Å². The van der Waals surface area contributed by atoms with Crippen LogP contribution in [0.3, 0.4) is 0 Å². The number of aryl methyl sites for hydroxylation is 1. The first-order chi connectivity index (χ1) is 11.6. The number of nitrogens with one attached hydrogen (secondary N) is 1. The van der Waals surface area contributed by atoms with Crippen LogP contribution in [0.5, 0.6) is 0 Å². The molecule has 2 unspecified atom stereocenters. The van der Waals surface area contributed by atoms with Crippen LogP contribution in [0, 0.1) is 5.92 Å². The van der Waals surface area contributed by atoms with Crippen LogP contribution in [0.2, 0.25) is 0 Å². The second-order valence-corrected chi connectivity index (χ2v) is 6.80. The summed E-state index contributed by atoms with van der Waals surface area (Å²) in [7, 11) is 0. The lowest BCUT2D eigenvalue weighted by molar-refractivity contribution is 0.0766. The number of fused-ring (bicyclic) bond motifs is 1. The van der Waals surface area contributed by atoms with Gasteiger partial charge < -0.3 is 19.9 Å². The van der Waals surface area contributed by atoms with E-state index in [-0.39, 0.29) is 18.1 Å². The molecule has 130 valence electrons. The molecule has 2 amide bonds. The number of aliphatic hydroxyl groups excluding tert-OH is 1. The third-order valence-electron chi connectivity index (χ3n) is 4.91. The Morgan fingerprint density at radius 1 is 1.42 bits per heavy atom. The van der Waals surface area contributed by atoms with Crippen molar-refractivity contribution in [3.8, 4) is 0 Å². The zero-order chi connectivity index (χ0) is 17.1. The van der Waals surface area contributed by atoms with Gasteiger partial charge in [0.2, 0.25) is 0 Å². The molecule has 5 nitrogen and oxygen atoms in total. The number of rotatable bonds is 4. The van der Waals surface area contributed by atoms with Crippen LogP contribution >= 0.6 is 0 Å². The molecule has 2 aromatic rings. The maximum Gasteiger partial charge on any atom is 0.321 e. The van der Waals surface area contributed by atoms with E-state index in [0.29, 0.717) is 6.54 Å². The molecule has 1 saturated heterocycles. The van der Waals surface area contributed by atoms with Crippen LogP contribution in [-0.2, 0) is 6.54 Å². The molecule has 1 fully saturated rings. The smallest absolute Gasteiger partial charge is 0.321 e. The third-order valence-corrected chi connectivity index (χ3v) is 4.91. The summed E-state index contributed by atoms with van der Waals surface area (Å²) in [5.41, 5.74) is 2.02. The third kappa shape index (κ3) is 3.56. The van der Waals surface area contributed by atoms with Gasteiger partial charge in [0.15, 0.2) is 0 Å². The summed E-state index contributed by atoms with van der Waals surface area (Å²) in [6.07, 6.45) is 4.76. The molecule has 0 radical (unpaired) electrons. The molecule has 2 atom stereocenters. The summed E-state index contributed by atoms with van der Waals surface area (Å²) in [5.74, 6) is 0.176. The van der Waals surface area contributed by atoms with Crippen molar-refractivity contribution >= 4 is 22.6 Å². The molecule has 5 heteroatoms. The van der Waals surface area contributed by atoms with E-state index in [4.69, 9.17) is 0 Å². The highest BCUT2D eigenvalue weighted by Gasteiger charge is 2.26. The molecule has 24 heavy (non-hydrogen) atoms. The Kier molecular flexibility index (Phi) is 5.09. The summed E-state index contributed by atoms with van der Waals surface area (Å²) in [6.45, 7) is 6.35. The number of benzene rings is 1. The number of piperidine rings is 1. The Balaban J connectivity index is 1.69. The summed E-state index contributed by atoms with van der Waals surface area (Å²) < 4.78 is 2.23. The SMILES string of the molecule is CCCn1ccc2cc(NC(=O)N3CCCC(C(C)O)C3)ccc21. The van der Waals surface area contributed by atoms with Gasteiger partial charge >= 0.3 is 6.03 Å². The van der Waals surface area contributed by atoms with Crippen molar-refractivity contribution < 1.29 is 9.90 Å². The fourth-order valence-electron chi connectivity index (χ4n) is 3.50. The molecule has 1 aliphatic heterocycles. The summed E-state index contributed by atoms with van der Waals surface area (Å²) in [6, 6.07) is 8.06. The monoisotopic (exact) mass is 329 g/mol. The molecule has 2 N–H and O–H groups in total. The Morgan fingerprint density at radius 3 is 3.00 bits per heavy atom. The Morgan fingerprint density at radius 2 is 2.25 bits per heavy atom. The highest BCUT2D eigenvalue weighted by molar-refractivity contribution is 5.93. The van der Waals surface area contributed by atoms with Gasteiger partial charge in [0.25, 0.3) is 0 Å². The van der Waals surface area contributed by atoms with Crippen molar-refractivity contribution in [3.05, 3.63) is 30.5 Å². The fourth-order valence-corrected chi connectivity index (χ4v) is 3.50. The van der Waals surface area contributed by atoms with Crippen LogP contribution in [-0.4, -0.2) is 39.8 Å². The standard InChI is InChI=1S/C19H27N3O2/c1-3-9-21-11-8-15-12-17(6-7-18(15)21)20-19(24)22-10-4-5-16(13-22)14(2)23/h6-8,11-12,14,16,23H,3-5,9-10,13H2,1-2H3,(H,20,24). The molecule has 0 spiro atoms. The lowest BCUT2D eigenvalue weighted by Crippen LogP contribution is -2.44. The zero-order valence-corrected chi connectivity index (χ0v) is 14.5. The predicted octanol–water partition coefficient (Wildman–Crippen LogP) is 3.68. The van der Waals surface area contributed by atoms with Gasteiger partial charge in [-0.3, -0.25) is 0 Å². The number of nitrogens with zero attached hydrogens (tertiary/aromatic N) is 2. The van der Waals surface area contributed by atoms with Gasteiger partial charge in [0, 0.05) is 48.3 Å². The van der Waals surface area contributed by atoms with Gasteiger partial charge in [0.05, 0.1) is 6.10 Å². The number of aliphatic hydroxyl groups is 1. The molecule has 0 aliphatic carbocycles. The number of aromatic nitrogens is 1. The topological polar surface area (TPSA) is 57.5 Å². The minimum atomic E-state index is -0.365. The average molecular weight is 329 g/mol. The van der Waals surface area contributed by atoms with E-state index in [1.54, 1.807) is 6.92 Å². The van der Waals surface area contributed by atoms with Crippen LogP contribution < -0.4 is 5.32 Å². The lowest BCUT2D eigenvalue weighted by Gasteiger charge is -2.34. The average Bonchev–Trinajstić information content (AvgIpc) is 2.97. The molecule has 1 aliphatic rings. The molecule has 3 rings (SSSR count). The highest BCUT2D eigenvalue weighted by Crippen LogP contribution is 2.23. The normalized spacial score (nSPS) is 19.5. The first-order valence-corrected chi connectivity index (χ1v) is 8.91. The summed E-state index contributed by atoms with van der Waals surface area (Å²) in [4.78, 5) is 14.3. The number of amides is 2. The van der Waals surface area contributed by atoms with Crippen LogP contribution in [0.15, 0.2) is 30.5 Å². The number of likely N-dealkylation sites (tertiary alicyclic amines) is 1. The maximum absolute atomic E-state index is 12.5. The molecule has 1 aromatic heterocycles. The fraction of sp³-hybridized carbons (Fsp3) is 0.526. The van der Waals surface area contributed by atoms with Gasteiger partial charge in [-0.05, 0) is 50.5 Å². The minimum Gasteiger partial charge on any atom is -0.393 e. The van der Waals surface area contributed by atoms with Gasteiger partial charge in [-0.2, -0.15) is 0 Å². The molecular weight excluding hydrogens is 302 g/mol. The number of hydrogen-bond donors (Lipinski definition) is 2. The molecule has 0 saturated carbocycles. The quantitative estimate of drug-likeness (QED) is 0.899. The number of urea groups is 1. The van der Waals surface area contributed by atoms with Crippen molar-refractivity contribution in [3.63, 3.8) is 0 Å². The number of carbonyl (C=O) groups is 1. The van der Waals surface area contributed by atoms with E-state index < -0.39 is 0 Å². The van der Waals surface area contributed by atoms with Crippen molar-refractivity contribution in [2.75, 3.05) is 18.4 Å². The Bertz CT molecular complexity index is 708. The van der Waals surface area contributed by atoms with Gasteiger partial charge in [0.1, 0.15) is 0 Å². The lowest BCUT2D eigenvalue weighted by atomic mass is 9.94. The summed E-state index contributed by atoms with van der Waals surface area (Å²) >= 11 is 0. The Labute approximate surface area is 143 Å². The first-order valence-electron chi connectivity index (χ1n) is 8.91. The molecular formula is C19H27N3O2. The second kappa shape index (κ2) is 7.26. The van der Waals surface area contributed by atoms with Crippen LogP contribution in [0.25, 0.3) is 10.9 Å². The first kappa shape index (κ1) is 16.8. The molecule has 0 bridgehead atoms. The maximum atomic E-state index is 12.5. The van der Waals surface area contributed by atoms with Crippen molar-refractivity contribution in [1.82, 2.24) is 9.47 Å². The van der Waals surface area contributed by atoms with E-state index in [1.165, 1.54) is 5.52 Å². The van der Waals surface area contributed by atoms with Crippen molar-refractivity contribution in [2.24, 2.45) is 5.92 Å². The van der Waals surface area contributed by atoms with Gasteiger partial charge in [-0.25, -0.2) is 4.79 Å². The predicted molar refractivity (Wildman–Crippen MR) is 97.2 cm³/mol. The van der Waals surface area contributed by atoms with Gasteiger partial charge in [-0.1, -0.05) is 6.92 Å². The van der Waals surface area contributed by atoms with E-state index in [1.807, 2.05) is 17.0 Å². The zero-order valence-electron chi connectivity index (χ0n) is 14.5. The number of hydrogen-bond acceptors (Lipinski definition) is 2. The van der Waals surface area contributed by atoms with E-state index >= 15 is 0 Å². The molecule has 2 heterocycles. The number of carbonyl (C=O) groups excluding carboxylic acids is 1. The van der Waals surface area contributed by atoms with E-state index in [2.05, 4.69) is 35.1 Å². The van der Waals surface area contributed by atoms with E-state index in [9.17, 15) is 9.90 Å². The largest absolute Gasteiger partial charge is 0.393 e. The molecule has 1 aromatic carbocycles.